The number of amides is 3. The van der Waals surface area contributed by atoms with Crippen molar-refractivity contribution in [2.24, 2.45) is 5.92 Å². The molecule has 3 amide bonds. The molecule has 2 aromatic rings. The Morgan fingerprint density at radius 1 is 1.48 bits per heavy atom. The molecule has 2 aliphatic rings. The molecule has 10 heteroatoms. The van der Waals surface area contributed by atoms with Gasteiger partial charge in [-0.1, -0.05) is 11.6 Å². The van der Waals surface area contributed by atoms with Crippen LogP contribution in [0.2, 0.25) is 5.02 Å². The van der Waals surface area contributed by atoms with Gasteiger partial charge in [0.05, 0.1) is 23.4 Å². The second-order valence-corrected chi connectivity index (χ2v) is 7.80. The number of carbonyl (C=O) groups excluding carboxylic acids is 2. The summed E-state index contributed by atoms with van der Waals surface area (Å²) in [4.78, 5) is 26.9. The minimum absolute atomic E-state index is 0.0741. The van der Waals surface area contributed by atoms with Crippen LogP contribution >= 0.6 is 11.6 Å². The third kappa shape index (κ3) is 3.79. The molecule has 2 unspecified atom stereocenters. The maximum atomic E-state index is 13.3. The molecule has 0 aliphatic carbocycles. The number of anilines is 1. The van der Waals surface area contributed by atoms with Crippen LogP contribution in [0.3, 0.4) is 0 Å². The molecule has 2 atom stereocenters. The third-order valence-corrected chi connectivity index (χ3v) is 5.68. The number of aromatic nitrogens is 2. The first kappa shape index (κ1) is 19.7. The molecule has 4 rings (SSSR count). The van der Waals surface area contributed by atoms with Crippen LogP contribution in [0.1, 0.15) is 28.7 Å². The first-order valence-electron chi connectivity index (χ1n) is 9.39. The van der Waals surface area contributed by atoms with Gasteiger partial charge in [-0.25, -0.2) is 9.18 Å². The van der Waals surface area contributed by atoms with Gasteiger partial charge in [0.1, 0.15) is 11.5 Å². The molecule has 29 heavy (non-hydrogen) atoms. The van der Waals surface area contributed by atoms with E-state index >= 15 is 0 Å². The molecule has 154 valence electrons. The Balaban J connectivity index is 1.54. The quantitative estimate of drug-likeness (QED) is 0.690. The van der Waals surface area contributed by atoms with E-state index in [2.05, 4.69) is 15.7 Å². The standard InChI is InChI=1S/C19H21ClFN5O3/c1-10(27)11-7-22-18(28)17-13-9-25(5-4-16(13)24-26(17)8-11)19(29)23-12-2-3-15(21)14(20)6-12/h2-3,6,10-11,27H,4-5,7-9H2,1H3,(H,22,28)(H,23,29). The molecule has 1 aromatic heterocycles. The van der Waals surface area contributed by atoms with Crippen molar-refractivity contribution >= 4 is 29.2 Å². The summed E-state index contributed by atoms with van der Waals surface area (Å²) >= 11 is 5.77. The first-order valence-corrected chi connectivity index (χ1v) is 9.77. The van der Waals surface area contributed by atoms with E-state index < -0.39 is 11.9 Å². The molecule has 0 fully saturated rings. The second-order valence-electron chi connectivity index (χ2n) is 7.40. The number of hydrogen-bond acceptors (Lipinski definition) is 4. The average molecular weight is 422 g/mol. The van der Waals surface area contributed by atoms with Crippen molar-refractivity contribution in [3.63, 3.8) is 0 Å². The van der Waals surface area contributed by atoms with Crippen molar-refractivity contribution in [2.75, 3.05) is 18.4 Å². The van der Waals surface area contributed by atoms with Gasteiger partial charge in [0, 0.05) is 43.2 Å². The Bertz CT molecular complexity index is 977. The summed E-state index contributed by atoms with van der Waals surface area (Å²) in [6, 6.07) is 3.60. The molecular weight excluding hydrogens is 401 g/mol. The van der Waals surface area contributed by atoms with Crippen molar-refractivity contribution in [1.29, 1.82) is 0 Å². The van der Waals surface area contributed by atoms with Crippen LogP contribution in [0.5, 0.6) is 0 Å². The van der Waals surface area contributed by atoms with E-state index in [4.69, 9.17) is 11.6 Å². The lowest BCUT2D eigenvalue weighted by Crippen LogP contribution is -2.39. The molecule has 3 N–H and O–H groups in total. The number of benzene rings is 1. The lowest BCUT2D eigenvalue weighted by molar-refractivity contribution is 0.0920. The number of hydrogen-bond donors (Lipinski definition) is 3. The van der Waals surface area contributed by atoms with Gasteiger partial charge in [0.25, 0.3) is 5.91 Å². The van der Waals surface area contributed by atoms with Crippen LogP contribution in [0, 0.1) is 11.7 Å². The van der Waals surface area contributed by atoms with Crippen molar-refractivity contribution < 1.29 is 19.1 Å². The van der Waals surface area contributed by atoms with Crippen LogP contribution in [-0.4, -0.2) is 50.9 Å². The SMILES string of the molecule is CC(O)C1CNC(=O)c2c3c(nn2C1)CCN(C(=O)Nc1ccc(F)c(Cl)c1)C3. The fourth-order valence-corrected chi connectivity index (χ4v) is 3.86. The zero-order chi connectivity index (χ0) is 20.7. The second kappa shape index (κ2) is 7.64. The molecule has 8 nitrogen and oxygen atoms in total. The highest BCUT2D eigenvalue weighted by atomic mass is 35.5. The molecule has 0 bridgehead atoms. The third-order valence-electron chi connectivity index (χ3n) is 5.39. The summed E-state index contributed by atoms with van der Waals surface area (Å²) in [6.07, 6.45) is -0.0631. The van der Waals surface area contributed by atoms with Gasteiger partial charge in [-0.2, -0.15) is 5.10 Å². The minimum atomic E-state index is -0.577. The number of urea groups is 1. The predicted molar refractivity (Wildman–Crippen MR) is 104 cm³/mol. The van der Waals surface area contributed by atoms with E-state index in [0.29, 0.717) is 43.0 Å². The van der Waals surface area contributed by atoms with Gasteiger partial charge in [-0.05, 0) is 25.1 Å². The lowest BCUT2D eigenvalue weighted by atomic mass is 10.0. The van der Waals surface area contributed by atoms with Gasteiger partial charge in [-0.15, -0.1) is 0 Å². The summed E-state index contributed by atoms with van der Waals surface area (Å²) in [5.41, 5.74) is 2.33. The molecule has 0 saturated carbocycles. The Morgan fingerprint density at radius 3 is 3.00 bits per heavy atom. The highest BCUT2D eigenvalue weighted by Crippen LogP contribution is 2.26. The maximum Gasteiger partial charge on any atom is 0.322 e. The fraction of sp³-hybridized carbons (Fsp3) is 0.421. The Hall–Kier alpha value is -2.65. The highest BCUT2D eigenvalue weighted by Gasteiger charge is 2.33. The van der Waals surface area contributed by atoms with Crippen LogP contribution in [0.15, 0.2) is 18.2 Å². The number of nitrogens with one attached hydrogen (secondary N) is 2. The van der Waals surface area contributed by atoms with Crippen LogP contribution < -0.4 is 10.6 Å². The number of carbonyl (C=O) groups is 2. The zero-order valence-electron chi connectivity index (χ0n) is 15.8. The Kier molecular flexibility index (Phi) is 5.18. The van der Waals surface area contributed by atoms with Crippen LogP contribution in [0.25, 0.3) is 0 Å². The highest BCUT2D eigenvalue weighted by molar-refractivity contribution is 6.31. The van der Waals surface area contributed by atoms with Gasteiger partial charge in [0.15, 0.2) is 0 Å². The van der Waals surface area contributed by atoms with Crippen molar-refractivity contribution in [3.05, 3.63) is 46.0 Å². The minimum Gasteiger partial charge on any atom is -0.393 e. The predicted octanol–water partition coefficient (Wildman–Crippen LogP) is 2.01. The number of aliphatic hydroxyl groups excluding tert-OH is 1. The molecule has 0 radical (unpaired) electrons. The lowest BCUT2D eigenvalue weighted by Gasteiger charge is -2.27. The number of rotatable bonds is 2. The van der Waals surface area contributed by atoms with E-state index in [0.717, 1.165) is 5.69 Å². The van der Waals surface area contributed by atoms with Gasteiger partial charge < -0.3 is 20.6 Å². The van der Waals surface area contributed by atoms with E-state index in [1.165, 1.54) is 18.2 Å². The summed E-state index contributed by atoms with van der Waals surface area (Å²) in [5, 5.41) is 19.9. The molecule has 0 spiro atoms. The number of aliphatic hydroxyl groups is 1. The molecule has 3 heterocycles. The molecule has 2 aliphatic heterocycles. The largest absolute Gasteiger partial charge is 0.393 e. The number of halogens is 2. The first-order chi connectivity index (χ1) is 13.8. The molecule has 0 saturated heterocycles. The van der Waals surface area contributed by atoms with E-state index in [1.807, 2.05) is 0 Å². The van der Waals surface area contributed by atoms with Crippen LogP contribution in [0.4, 0.5) is 14.9 Å². The summed E-state index contributed by atoms with van der Waals surface area (Å²) in [6.45, 7) is 3.16. The van der Waals surface area contributed by atoms with E-state index in [-0.39, 0.29) is 29.4 Å². The number of fused-ring (bicyclic) bond motifs is 3. The summed E-state index contributed by atoms with van der Waals surface area (Å²) < 4.78 is 15.0. The van der Waals surface area contributed by atoms with Gasteiger partial charge in [0.2, 0.25) is 0 Å². The van der Waals surface area contributed by atoms with Gasteiger partial charge >= 0.3 is 6.03 Å². The summed E-state index contributed by atoms with van der Waals surface area (Å²) in [7, 11) is 0. The van der Waals surface area contributed by atoms with Crippen LogP contribution in [-0.2, 0) is 19.5 Å². The topological polar surface area (TPSA) is 99.5 Å². The molecular formula is C19H21ClFN5O3. The average Bonchev–Trinajstić information content (AvgIpc) is 2.95. The maximum absolute atomic E-state index is 13.3. The van der Waals surface area contributed by atoms with Crippen molar-refractivity contribution in [1.82, 2.24) is 20.0 Å². The zero-order valence-corrected chi connectivity index (χ0v) is 16.5. The van der Waals surface area contributed by atoms with E-state index in [9.17, 15) is 19.1 Å². The number of nitrogens with zero attached hydrogens (tertiary/aromatic N) is 3. The van der Waals surface area contributed by atoms with Gasteiger partial charge in [-0.3, -0.25) is 9.48 Å². The Labute approximate surface area is 171 Å². The smallest absolute Gasteiger partial charge is 0.322 e. The van der Waals surface area contributed by atoms with Crippen molar-refractivity contribution in [2.45, 2.75) is 32.5 Å². The Morgan fingerprint density at radius 2 is 2.28 bits per heavy atom. The monoisotopic (exact) mass is 421 g/mol. The fourth-order valence-electron chi connectivity index (χ4n) is 3.68. The summed E-state index contributed by atoms with van der Waals surface area (Å²) in [5.74, 6) is -0.949. The normalized spacial score (nSPS) is 19.7. The van der Waals surface area contributed by atoms with Crippen molar-refractivity contribution in [3.8, 4) is 0 Å². The van der Waals surface area contributed by atoms with E-state index in [1.54, 1.807) is 16.5 Å². The molecule has 1 aromatic carbocycles.